The number of carbonyl (C=O) groups is 1. The molecule has 2 aromatic rings. The molecule has 0 radical (unpaired) electrons. The van der Waals surface area contributed by atoms with Gasteiger partial charge in [-0.25, -0.2) is 4.68 Å². The van der Waals surface area contributed by atoms with Crippen molar-refractivity contribution >= 4 is 29.7 Å². The summed E-state index contributed by atoms with van der Waals surface area (Å²) in [6, 6.07) is 7.35. The highest BCUT2D eigenvalue weighted by Crippen LogP contribution is 2.24. The molecule has 7 nitrogen and oxygen atoms in total. The summed E-state index contributed by atoms with van der Waals surface area (Å²) in [6.45, 7) is 7.62. The van der Waals surface area contributed by atoms with E-state index in [-0.39, 0.29) is 24.0 Å². The molecule has 0 N–H and O–H groups in total. The standard InChI is InChI=1S/C21H27ClN4O3S/c1-14-11-25(12-15(2)28-14)20(27)16-6-8-24(9-7-16)13-26-21(30)29-19(23-26)17-4-3-5-18(22)10-17/h3-5,10,14-16H,6-9,11-13H2,1-2H3/t14-,15-/m0/s1. The van der Waals surface area contributed by atoms with E-state index in [1.54, 1.807) is 16.8 Å². The number of ether oxygens (including phenoxy) is 1. The number of aromatic nitrogens is 2. The number of likely N-dealkylation sites (tertiary alicyclic amines) is 1. The van der Waals surface area contributed by atoms with E-state index >= 15 is 0 Å². The average molecular weight is 451 g/mol. The van der Waals surface area contributed by atoms with Gasteiger partial charge in [0, 0.05) is 42.7 Å². The van der Waals surface area contributed by atoms with Crippen LogP contribution in [0, 0.1) is 10.8 Å². The minimum atomic E-state index is 0.0750. The molecule has 0 bridgehead atoms. The third kappa shape index (κ3) is 4.94. The predicted molar refractivity (Wildman–Crippen MR) is 117 cm³/mol. The normalized spacial score (nSPS) is 23.6. The number of hydrogen-bond acceptors (Lipinski definition) is 6. The summed E-state index contributed by atoms with van der Waals surface area (Å²) in [7, 11) is 0. The molecule has 2 saturated heterocycles. The number of carbonyl (C=O) groups excluding carboxylic acids is 1. The maximum absolute atomic E-state index is 12.9. The van der Waals surface area contributed by atoms with Crippen molar-refractivity contribution in [3.63, 3.8) is 0 Å². The van der Waals surface area contributed by atoms with Gasteiger partial charge in [-0.2, -0.15) is 0 Å². The summed E-state index contributed by atoms with van der Waals surface area (Å²) in [5.41, 5.74) is 0.797. The van der Waals surface area contributed by atoms with Crippen molar-refractivity contribution in [2.24, 2.45) is 5.92 Å². The van der Waals surface area contributed by atoms with Crippen LogP contribution in [0.15, 0.2) is 28.7 Å². The number of nitrogens with zero attached hydrogens (tertiary/aromatic N) is 4. The first-order valence-corrected chi connectivity index (χ1v) is 11.2. The van der Waals surface area contributed by atoms with Crippen molar-refractivity contribution in [1.29, 1.82) is 0 Å². The van der Waals surface area contributed by atoms with E-state index in [1.807, 2.05) is 30.9 Å². The van der Waals surface area contributed by atoms with Crippen LogP contribution in [-0.4, -0.2) is 63.9 Å². The van der Waals surface area contributed by atoms with Gasteiger partial charge in [-0.1, -0.05) is 17.7 Å². The number of hydrogen-bond donors (Lipinski definition) is 0. The summed E-state index contributed by atoms with van der Waals surface area (Å²) < 4.78 is 13.1. The van der Waals surface area contributed by atoms with Gasteiger partial charge < -0.3 is 14.1 Å². The molecule has 30 heavy (non-hydrogen) atoms. The highest BCUT2D eigenvalue weighted by atomic mass is 35.5. The molecule has 1 aromatic heterocycles. The first kappa shape index (κ1) is 21.5. The molecule has 4 rings (SSSR count). The van der Waals surface area contributed by atoms with Crippen LogP contribution in [0.3, 0.4) is 0 Å². The second-order valence-electron chi connectivity index (χ2n) is 8.22. The first-order chi connectivity index (χ1) is 14.4. The molecule has 2 fully saturated rings. The second kappa shape index (κ2) is 9.18. The van der Waals surface area contributed by atoms with Crippen LogP contribution in [0.4, 0.5) is 0 Å². The molecule has 162 valence electrons. The second-order valence-corrected chi connectivity index (χ2v) is 9.00. The number of piperidine rings is 1. The molecule has 0 saturated carbocycles. The number of halogens is 1. The lowest BCUT2D eigenvalue weighted by Gasteiger charge is -2.39. The van der Waals surface area contributed by atoms with E-state index in [9.17, 15) is 4.79 Å². The Morgan fingerprint density at radius 1 is 1.23 bits per heavy atom. The topological polar surface area (TPSA) is 63.7 Å². The van der Waals surface area contributed by atoms with Crippen LogP contribution in [-0.2, 0) is 16.2 Å². The Hall–Kier alpha value is -1.74. The van der Waals surface area contributed by atoms with Crippen LogP contribution in [0.5, 0.6) is 0 Å². The van der Waals surface area contributed by atoms with E-state index in [4.69, 9.17) is 33.0 Å². The molecular formula is C21H27ClN4O3S. The zero-order chi connectivity index (χ0) is 21.3. The average Bonchev–Trinajstić information content (AvgIpc) is 3.08. The summed E-state index contributed by atoms with van der Waals surface area (Å²) in [5.74, 6) is 0.798. The molecule has 0 spiro atoms. The smallest absolute Gasteiger partial charge is 0.288 e. The SMILES string of the molecule is C[C@H]1CN(C(=O)C2CCN(Cn3nc(-c4cccc(Cl)c4)oc3=S)CC2)C[C@H](C)O1. The Morgan fingerprint density at radius 3 is 2.60 bits per heavy atom. The summed E-state index contributed by atoms with van der Waals surface area (Å²) in [4.78, 5) is 17.5. The highest BCUT2D eigenvalue weighted by Gasteiger charge is 2.32. The molecule has 0 aliphatic carbocycles. The van der Waals surface area contributed by atoms with Crippen LogP contribution < -0.4 is 0 Å². The van der Waals surface area contributed by atoms with Crippen LogP contribution in [0.1, 0.15) is 26.7 Å². The maximum atomic E-state index is 12.9. The van der Waals surface area contributed by atoms with E-state index in [0.717, 1.165) is 31.5 Å². The molecular weight excluding hydrogens is 424 g/mol. The quantitative estimate of drug-likeness (QED) is 0.659. The fourth-order valence-corrected chi connectivity index (χ4v) is 4.63. The Balaban J connectivity index is 1.34. The summed E-state index contributed by atoms with van der Waals surface area (Å²) in [5, 5.41) is 5.14. The predicted octanol–water partition coefficient (Wildman–Crippen LogP) is 3.83. The Morgan fingerprint density at radius 2 is 1.93 bits per heavy atom. The Kier molecular flexibility index (Phi) is 6.57. The lowest BCUT2D eigenvalue weighted by Crippen LogP contribution is -2.51. The summed E-state index contributed by atoms with van der Waals surface area (Å²) in [6.07, 6.45) is 1.87. The zero-order valence-corrected chi connectivity index (χ0v) is 18.9. The van der Waals surface area contributed by atoms with Gasteiger partial charge in [-0.05, 0) is 57.1 Å². The van der Waals surface area contributed by atoms with Crippen molar-refractivity contribution in [1.82, 2.24) is 19.6 Å². The number of amides is 1. The van der Waals surface area contributed by atoms with Crippen LogP contribution >= 0.6 is 23.8 Å². The lowest BCUT2D eigenvalue weighted by atomic mass is 9.95. The van der Waals surface area contributed by atoms with Crippen molar-refractivity contribution < 1.29 is 13.9 Å². The van der Waals surface area contributed by atoms with E-state index in [2.05, 4.69) is 10.00 Å². The third-order valence-electron chi connectivity index (χ3n) is 5.68. The molecule has 2 atom stereocenters. The van der Waals surface area contributed by atoms with Crippen molar-refractivity contribution in [3.05, 3.63) is 34.1 Å². The van der Waals surface area contributed by atoms with Crippen molar-refractivity contribution in [2.75, 3.05) is 26.2 Å². The monoisotopic (exact) mass is 450 g/mol. The van der Waals surface area contributed by atoms with Gasteiger partial charge in [0.05, 0.1) is 18.9 Å². The maximum Gasteiger partial charge on any atom is 0.288 e. The number of morpholine rings is 1. The van der Waals surface area contributed by atoms with Gasteiger partial charge in [-0.15, -0.1) is 5.10 Å². The molecule has 0 unspecified atom stereocenters. The Labute approximate surface area is 186 Å². The lowest BCUT2D eigenvalue weighted by molar-refractivity contribution is -0.149. The minimum absolute atomic E-state index is 0.0750. The first-order valence-electron chi connectivity index (χ1n) is 10.4. The van der Waals surface area contributed by atoms with Gasteiger partial charge in [0.15, 0.2) is 0 Å². The van der Waals surface area contributed by atoms with E-state index < -0.39 is 0 Å². The molecule has 9 heteroatoms. The largest absolute Gasteiger partial charge is 0.409 e. The van der Waals surface area contributed by atoms with Gasteiger partial charge in [0.1, 0.15) is 0 Å². The fourth-order valence-electron chi connectivity index (χ4n) is 4.26. The van der Waals surface area contributed by atoms with Crippen LogP contribution in [0.2, 0.25) is 5.02 Å². The van der Waals surface area contributed by atoms with Crippen molar-refractivity contribution in [2.45, 2.75) is 45.6 Å². The van der Waals surface area contributed by atoms with Gasteiger partial charge in [0.25, 0.3) is 4.84 Å². The number of benzene rings is 1. The highest BCUT2D eigenvalue weighted by molar-refractivity contribution is 7.71. The van der Waals surface area contributed by atoms with Gasteiger partial charge >= 0.3 is 0 Å². The molecule has 2 aliphatic heterocycles. The number of rotatable bonds is 4. The van der Waals surface area contributed by atoms with E-state index in [0.29, 0.717) is 35.5 Å². The summed E-state index contributed by atoms with van der Waals surface area (Å²) >= 11 is 11.4. The zero-order valence-electron chi connectivity index (χ0n) is 17.3. The van der Waals surface area contributed by atoms with E-state index in [1.165, 1.54) is 0 Å². The molecule has 3 heterocycles. The van der Waals surface area contributed by atoms with Crippen molar-refractivity contribution in [3.8, 4) is 11.5 Å². The molecule has 1 amide bonds. The van der Waals surface area contributed by atoms with Gasteiger partial charge in [0.2, 0.25) is 11.8 Å². The van der Waals surface area contributed by atoms with Crippen LogP contribution in [0.25, 0.3) is 11.5 Å². The molecule has 1 aromatic carbocycles. The fraction of sp³-hybridized carbons (Fsp3) is 0.571. The Bertz CT molecular complexity index is 944. The van der Waals surface area contributed by atoms with Gasteiger partial charge in [-0.3, -0.25) is 9.69 Å². The minimum Gasteiger partial charge on any atom is -0.409 e. The molecule has 2 aliphatic rings. The third-order valence-corrected chi connectivity index (χ3v) is 6.21.